The molecule has 0 amide bonds. The van der Waals surface area contributed by atoms with Crippen LogP contribution in [0.3, 0.4) is 0 Å². The molecule has 4 nitrogen and oxygen atoms in total. The number of rotatable bonds is 4. The van der Waals surface area contributed by atoms with Crippen LogP contribution in [0.15, 0.2) is 35.7 Å². The zero-order chi connectivity index (χ0) is 13.5. The molecule has 0 atom stereocenters. The minimum absolute atomic E-state index is 0.346. The maximum absolute atomic E-state index is 9.11. The van der Waals surface area contributed by atoms with Crippen molar-refractivity contribution in [3.05, 3.63) is 40.7 Å². The highest BCUT2D eigenvalue weighted by Crippen LogP contribution is 2.14. The van der Waals surface area contributed by atoms with Crippen LogP contribution in [0.5, 0.6) is 0 Å². The standard InChI is InChI=1S/C12H13ClN4S/c1-15-11(16-2)10(7-14)12(18)17-9-5-3-8(13)4-6-9/h3-6,15-16H,1-2H3,(H,17,18). The van der Waals surface area contributed by atoms with Gasteiger partial charge in [0.2, 0.25) is 0 Å². The smallest absolute Gasteiger partial charge is 0.127 e. The minimum atomic E-state index is 0.346. The molecule has 0 bridgehead atoms. The first-order chi connectivity index (χ1) is 8.62. The topological polar surface area (TPSA) is 59.9 Å². The van der Waals surface area contributed by atoms with Crippen LogP contribution >= 0.6 is 23.8 Å². The molecular formula is C12H13ClN4S. The number of hydrogen-bond acceptors (Lipinski definition) is 4. The molecular weight excluding hydrogens is 268 g/mol. The molecule has 1 aromatic carbocycles. The molecule has 0 aromatic heterocycles. The van der Waals surface area contributed by atoms with Crippen LogP contribution in [0.4, 0.5) is 5.69 Å². The SMILES string of the molecule is CNC(NC)=C(C#N)C(=S)Nc1ccc(Cl)cc1. The van der Waals surface area contributed by atoms with Gasteiger partial charge in [-0.3, -0.25) is 0 Å². The summed E-state index contributed by atoms with van der Waals surface area (Å²) in [6.07, 6.45) is 0. The van der Waals surface area contributed by atoms with E-state index in [0.29, 0.717) is 21.4 Å². The molecule has 0 saturated heterocycles. The Balaban J connectivity index is 2.91. The Hall–Kier alpha value is -1.77. The molecule has 0 aliphatic rings. The fourth-order valence-electron chi connectivity index (χ4n) is 1.32. The first-order valence-corrected chi connectivity index (χ1v) is 5.97. The molecule has 18 heavy (non-hydrogen) atoms. The predicted molar refractivity (Wildman–Crippen MR) is 78.4 cm³/mol. The van der Waals surface area contributed by atoms with Crippen molar-refractivity contribution in [3.8, 4) is 6.07 Å². The third kappa shape index (κ3) is 3.62. The maximum atomic E-state index is 9.11. The molecule has 1 aromatic rings. The number of halogens is 1. The van der Waals surface area contributed by atoms with Crippen molar-refractivity contribution in [3.63, 3.8) is 0 Å². The molecule has 0 saturated carbocycles. The summed E-state index contributed by atoms with van der Waals surface area (Å²) >= 11 is 11.0. The van der Waals surface area contributed by atoms with Gasteiger partial charge in [-0.25, -0.2) is 0 Å². The van der Waals surface area contributed by atoms with Crippen LogP contribution in [0.2, 0.25) is 5.02 Å². The fourth-order valence-corrected chi connectivity index (χ4v) is 1.71. The average molecular weight is 281 g/mol. The van der Waals surface area contributed by atoms with Crippen LogP contribution in [0, 0.1) is 11.3 Å². The Bertz CT molecular complexity index is 496. The van der Waals surface area contributed by atoms with Crippen molar-refractivity contribution in [2.24, 2.45) is 0 Å². The number of hydrogen-bond donors (Lipinski definition) is 3. The van der Waals surface area contributed by atoms with E-state index >= 15 is 0 Å². The Morgan fingerprint density at radius 3 is 2.22 bits per heavy atom. The van der Waals surface area contributed by atoms with Gasteiger partial charge < -0.3 is 16.0 Å². The minimum Gasteiger partial charge on any atom is -0.374 e. The van der Waals surface area contributed by atoms with E-state index in [1.165, 1.54) is 0 Å². The molecule has 94 valence electrons. The summed E-state index contributed by atoms with van der Waals surface area (Å²) in [5, 5.41) is 18.5. The van der Waals surface area contributed by atoms with Crippen LogP contribution in [-0.2, 0) is 0 Å². The van der Waals surface area contributed by atoms with Crippen molar-refractivity contribution in [1.29, 1.82) is 5.26 Å². The second-order valence-corrected chi connectivity index (χ2v) is 4.17. The van der Waals surface area contributed by atoms with E-state index in [9.17, 15) is 0 Å². The van der Waals surface area contributed by atoms with Gasteiger partial charge in [-0.2, -0.15) is 5.26 Å². The van der Waals surface area contributed by atoms with Crippen LogP contribution in [0.25, 0.3) is 0 Å². The van der Waals surface area contributed by atoms with Gasteiger partial charge in [-0.05, 0) is 24.3 Å². The van der Waals surface area contributed by atoms with Crippen LogP contribution in [0.1, 0.15) is 0 Å². The number of thiocarbonyl (C=S) groups is 1. The lowest BCUT2D eigenvalue weighted by molar-refractivity contribution is 0.832. The van der Waals surface area contributed by atoms with Crippen molar-refractivity contribution in [2.75, 3.05) is 19.4 Å². The molecule has 3 N–H and O–H groups in total. The molecule has 0 heterocycles. The highest BCUT2D eigenvalue weighted by atomic mass is 35.5. The van der Waals surface area contributed by atoms with E-state index in [0.717, 1.165) is 5.69 Å². The second kappa shape index (κ2) is 6.84. The number of benzene rings is 1. The Labute approximate surface area is 117 Å². The lowest BCUT2D eigenvalue weighted by Gasteiger charge is -2.12. The third-order valence-electron chi connectivity index (χ3n) is 2.19. The molecule has 0 aliphatic carbocycles. The Kier molecular flexibility index (Phi) is 5.43. The molecule has 0 unspecified atom stereocenters. The highest BCUT2D eigenvalue weighted by Gasteiger charge is 2.10. The Morgan fingerprint density at radius 1 is 1.22 bits per heavy atom. The molecule has 0 fully saturated rings. The molecule has 0 spiro atoms. The zero-order valence-corrected chi connectivity index (χ0v) is 11.6. The molecule has 0 radical (unpaired) electrons. The highest BCUT2D eigenvalue weighted by molar-refractivity contribution is 7.81. The Morgan fingerprint density at radius 2 is 1.78 bits per heavy atom. The van der Waals surface area contributed by atoms with Crippen molar-refractivity contribution in [1.82, 2.24) is 10.6 Å². The average Bonchev–Trinajstić information content (AvgIpc) is 2.38. The second-order valence-electron chi connectivity index (χ2n) is 3.32. The lowest BCUT2D eigenvalue weighted by atomic mass is 10.2. The summed E-state index contributed by atoms with van der Waals surface area (Å²) < 4.78 is 0. The normalized spacial score (nSPS) is 9.00. The lowest BCUT2D eigenvalue weighted by Crippen LogP contribution is -2.26. The van der Waals surface area contributed by atoms with E-state index in [1.807, 2.05) is 0 Å². The zero-order valence-electron chi connectivity index (χ0n) is 10.0. The van der Waals surface area contributed by atoms with E-state index in [-0.39, 0.29) is 0 Å². The summed E-state index contributed by atoms with van der Waals surface area (Å²) in [7, 11) is 3.43. The molecule has 0 aliphatic heterocycles. The summed E-state index contributed by atoms with van der Waals surface area (Å²) in [6, 6.07) is 9.15. The quantitative estimate of drug-likeness (QED) is 0.449. The third-order valence-corrected chi connectivity index (χ3v) is 2.75. The number of nitrogens with one attached hydrogen (secondary N) is 3. The summed E-state index contributed by atoms with van der Waals surface area (Å²) in [5.41, 5.74) is 1.13. The van der Waals surface area contributed by atoms with Crippen LogP contribution < -0.4 is 16.0 Å². The number of nitriles is 1. The predicted octanol–water partition coefficient (Wildman–Crippen LogP) is 2.25. The van der Waals surface area contributed by atoms with Gasteiger partial charge in [-0.1, -0.05) is 23.8 Å². The van der Waals surface area contributed by atoms with Gasteiger partial charge in [0.1, 0.15) is 22.5 Å². The first kappa shape index (κ1) is 14.3. The van der Waals surface area contributed by atoms with Crippen molar-refractivity contribution >= 4 is 34.5 Å². The van der Waals surface area contributed by atoms with Gasteiger partial charge in [0.25, 0.3) is 0 Å². The number of nitrogens with zero attached hydrogens (tertiary/aromatic N) is 1. The monoisotopic (exact) mass is 280 g/mol. The summed E-state index contributed by atoms with van der Waals surface area (Å²) in [4.78, 5) is 0.346. The molecule has 6 heteroatoms. The van der Waals surface area contributed by atoms with E-state index in [2.05, 4.69) is 22.0 Å². The van der Waals surface area contributed by atoms with Crippen molar-refractivity contribution in [2.45, 2.75) is 0 Å². The summed E-state index contributed by atoms with van der Waals surface area (Å²) in [5.74, 6) is 0.573. The maximum Gasteiger partial charge on any atom is 0.127 e. The van der Waals surface area contributed by atoms with Gasteiger partial charge in [-0.15, -0.1) is 0 Å². The van der Waals surface area contributed by atoms with E-state index in [1.54, 1.807) is 38.4 Å². The van der Waals surface area contributed by atoms with Gasteiger partial charge in [0.15, 0.2) is 0 Å². The van der Waals surface area contributed by atoms with Gasteiger partial charge in [0, 0.05) is 24.8 Å². The van der Waals surface area contributed by atoms with Crippen LogP contribution in [-0.4, -0.2) is 19.1 Å². The first-order valence-electron chi connectivity index (χ1n) is 5.19. The van der Waals surface area contributed by atoms with E-state index in [4.69, 9.17) is 29.1 Å². The van der Waals surface area contributed by atoms with Crippen molar-refractivity contribution < 1.29 is 0 Å². The summed E-state index contributed by atoms with van der Waals surface area (Å²) in [6.45, 7) is 0. The van der Waals surface area contributed by atoms with E-state index < -0.39 is 0 Å². The fraction of sp³-hybridized carbons (Fsp3) is 0.167. The number of anilines is 1. The largest absolute Gasteiger partial charge is 0.374 e. The van der Waals surface area contributed by atoms with Gasteiger partial charge >= 0.3 is 0 Å². The van der Waals surface area contributed by atoms with Gasteiger partial charge in [0.05, 0.1) is 0 Å². The molecule has 1 rings (SSSR count).